The Labute approximate surface area is 130 Å². The van der Waals surface area contributed by atoms with Crippen LogP contribution in [0.5, 0.6) is 0 Å². The van der Waals surface area contributed by atoms with Crippen LogP contribution in [0.25, 0.3) is 0 Å². The Morgan fingerprint density at radius 1 is 1.45 bits per heavy atom. The summed E-state index contributed by atoms with van der Waals surface area (Å²) in [6.07, 6.45) is 5.84. The van der Waals surface area contributed by atoms with Gasteiger partial charge >= 0.3 is 0 Å². The molecule has 0 atom stereocenters. The van der Waals surface area contributed by atoms with Crippen LogP contribution in [0.2, 0.25) is 5.02 Å². The molecule has 0 aliphatic rings. The van der Waals surface area contributed by atoms with Crippen molar-refractivity contribution in [1.82, 2.24) is 24.9 Å². The van der Waals surface area contributed by atoms with Gasteiger partial charge in [-0.25, -0.2) is 0 Å². The molecular weight excluding hydrogens is 346 g/mol. The smallest absolute Gasteiger partial charge is 0.241 e. The number of nitrogens with one attached hydrogen (secondary N) is 1. The van der Waals surface area contributed by atoms with Crippen LogP contribution >= 0.6 is 27.5 Å². The lowest BCUT2D eigenvalue weighted by atomic mass is 10.4. The van der Waals surface area contributed by atoms with E-state index >= 15 is 0 Å². The molecule has 2 heterocycles. The molecule has 0 spiro atoms. The maximum absolute atomic E-state index is 11.8. The highest BCUT2D eigenvalue weighted by Crippen LogP contribution is 2.13. The maximum Gasteiger partial charge on any atom is 0.241 e. The van der Waals surface area contributed by atoms with Crippen LogP contribution < -0.4 is 5.32 Å². The molecule has 20 heavy (non-hydrogen) atoms. The van der Waals surface area contributed by atoms with Gasteiger partial charge in [-0.15, -0.1) is 0 Å². The van der Waals surface area contributed by atoms with Gasteiger partial charge in [0.05, 0.1) is 27.6 Å². The Morgan fingerprint density at radius 2 is 2.25 bits per heavy atom. The van der Waals surface area contributed by atoms with Crippen LogP contribution in [0, 0.1) is 6.92 Å². The molecule has 1 N–H and O–H groups in total. The van der Waals surface area contributed by atoms with Gasteiger partial charge in [-0.2, -0.15) is 10.2 Å². The van der Waals surface area contributed by atoms with Crippen molar-refractivity contribution in [2.24, 2.45) is 0 Å². The summed E-state index contributed by atoms with van der Waals surface area (Å²) < 4.78 is 4.32. The average Bonchev–Trinajstić information content (AvgIpc) is 2.96. The number of nitrogens with zero attached hydrogens (tertiary/aromatic N) is 4. The minimum absolute atomic E-state index is 0.0535. The fraction of sp³-hybridized carbons (Fsp3) is 0.417. The first kappa shape index (κ1) is 15.1. The highest BCUT2D eigenvalue weighted by Gasteiger charge is 2.07. The van der Waals surface area contributed by atoms with Gasteiger partial charge in [-0.3, -0.25) is 14.2 Å². The molecule has 0 radical (unpaired) electrons. The zero-order valence-corrected chi connectivity index (χ0v) is 13.4. The summed E-state index contributed by atoms with van der Waals surface area (Å²) in [6.45, 7) is 3.45. The Morgan fingerprint density at radius 3 is 2.85 bits per heavy atom. The van der Waals surface area contributed by atoms with Gasteiger partial charge in [0, 0.05) is 19.3 Å². The molecule has 1 amide bonds. The van der Waals surface area contributed by atoms with Gasteiger partial charge < -0.3 is 5.32 Å². The third kappa shape index (κ3) is 4.08. The first-order valence-corrected chi connectivity index (χ1v) is 7.36. The SMILES string of the molecule is Cc1c(Br)cnn1CC(=O)NCCCn1cc(Cl)cn1. The second kappa shape index (κ2) is 6.90. The van der Waals surface area contributed by atoms with Gasteiger partial charge in [0.15, 0.2) is 0 Å². The monoisotopic (exact) mass is 359 g/mol. The van der Waals surface area contributed by atoms with E-state index in [1.165, 1.54) is 0 Å². The number of hydrogen-bond acceptors (Lipinski definition) is 3. The Bertz CT molecular complexity index is 594. The summed E-state index contributed by atoms with van der Waals surface area (Å²) in [6, 6.07) is 0. The summed E-state index contributed by atoms with van der Waals surface area (Å²) >= 11 is 9.13. The summed E-state index contributed by atoms with van der Waals surface area (Å²) in [5.41, 5.74) is 0.936. The Kier molecular flexibility index (Phi) is 5.19. The molecule has 0 aliphatic heterocycles. The van der Waals surface area contributed by atoms with Gasteiger partial charge in [0.1, 0.15) is 6.54 Å². The van der Waals surface area contributed by atoms with E-state index in [4.69, 9.17) is 11.6 Å². The van der Waals surface area contributed by atoms with Gasteiger partial charge in [0.2, 0.25) is 5.91 Å². The second-order valence-corrected chi connectivity index (χ2v) is 5.65. The third-order valence-electron chi connectivity index (χ3n) is 2.82. The molecule has 2 rings (SSSR count). The van der Waals surface area contributed by atoms with E-state index < -0.39 is 0 Å². The van der Waals surface area contributed by atoms with Crippen molar-refractivity contribution in [3.05, 3.63) is 33.8 Å². The van der Waals surface area contributed by atoms with Crippen molar-refractivity contribution in [3.8, 4) is 0 Å². The number of aryl methyl sites for hydroxylation is 1. The predicted molar refractivity (Wildman–Crippen MR) is 79.5 cm³/mol. The largest absolute Gasteiger partial charge is 0.354 e. The van der Waals surface area contributed by atoms with Crippen LogP contribution in [0.4, 0.5) is 0 Å². The molecule has 0 fully saturated rings. The molecule has 0 aliphatic carbocycles. The number of rotatable bonds is 6. The molecule has 0 unspecified atom stereocenters. The van der Waals surface area contributed by atoms with Gasteiger partial charge in [0.25, 0.3) is 0 Å². The van der Waals surface area contributed by atoms with Crippen molar-refractivity contribution < 1.29 is 4.79 Å². The Balaban J connectivity index is 1.69. The topological polar surface area (TPSA) is 64.7 Å². The molecule has 0 saturated heterocycles. The number of aromatic nitrogens is 4. The zero-order valence-electron chi connectivity index (χ0n) is 11.0. The van der Waals surface area contributed by atoms with E-state index in [1.807, 2.05) is 6.92 Å². The highest BCUT2D eigenvalue weighted by atomic mass is 79.9. The molecule has 0 saturated carbocycles. The van der Waals surface area contributed by atoms with Crippen LogP contribution in [0.3, 0.4) is 0 Å². The lowest BCUT2D eigenvalue weighted by molar-refractivity contribution is -0.121. The van der Waals surface area contributed by atoms with Crippen LogP contribution in [-0.2, 0) is 17.9 Å². The number of hydrogen-bond donors (Lipinski definition) is 1. The number of halogens is 2. The van der Waals surface area contributed by atoms with Crippen LogP contribution in [0.15, 0.2) is 23.1 Å². The number of carbonyl (C=O) groups is 1. The molecular formula is C12H15BrClN5O. The fourth-order valence-electron chi connectivity index (χ4n) is 1.70. The second-order valence-electron chi connectivity index (χ2n) is 4.36. The van der Waals surface area contributed by atoms with Crippen molar-refractivity contribution in [2.75, 3.05) is 6.54 Å². The summed E-state index contributed by atoms with van der Waals surface area (Å²) in [5.74, 6) is -0.0535. The molecule has 0 bridgehead atoms. The predicted octanol–water partition coefficient (Wildman–Crippen LogP) is 2.01. The van der Waals surface area contributed by atoms with Crippen molar-refractivity contribution in [2.45, 2.75) is 26.4 Å². The highest BCUT2D eigenvalue weighted by molar-refractivity contribution is 9.10. The lowest BCUT2D eigenvalue weighted by Crippen LogP contribution is -2.29. The molecule has 2 aromatic rings. The average molecular weight is 361 g/mol. The first-order chi connectivity index (χ1) is 9.56. The quantitative estimate of drug-likeness (QED) is 0.802. The van der Waals surface area contributed by atoms with E-state index in [0.29, 0.717) is 11.6 Å². The normalized spacial score (nSPS) is 10.8. The van der Waals surface area contributed by atoms with E-state index in [1.54, 1.807) is 28.0 Å². The van der Waals surface area contributed by atoms with Gasteiger partial charge in [-0.1, -0.05) is 11.6 Å². The molecule has 8 heteroatoms. The van der Waals surface area contributed by atoms with Crippen LogP contribution in [0.1, 0.15) is 12.1 Å². The molecule has 6 nitrogen and oxygen atoms in total. The summed E-state index contributed by atoms with van der Waals surface area (Å²) in [5, 5.41) is 11.7. The van der Waals surface area contributed by atoms with Crippen molar-refractivity contribution >= 4 is 33.4 Å². The zero-order chi connectivity index (χ0) is 14.5. The molecule has 0 aromatic carbocycles. The van der Waals surface area contributed by atoms with Crippen LogP contribution in [-0.4, -0.2) is 32.0 Å². The van der Waals surface area contributed by atoms with E-state index in [-0.39, 0.29) is 12.5 Å². The van der Waals surface area contributed by atoms with Crippen molar-refractivity contribution in [1.29, 1.82) is 0 Å². The standard InChI is InChI=1S/C12H15BrClN5O/c1-9-11(13)6-17-19(9)8-12(20)15-3-2-4-18-7-10(14)5-16-18/h5-7H,2-4,8H2,1H3,(H,15,20). The number of amides is 1. The minimum Gasteiger partial charge on any atom is -0.354 e. The van der Waals surface area contributed by atoms with Crippen molar-refractivity contribution in [3.63, 3.8) is 0 Å². The lowest BCUT2D eigenvalue weighted by Gasteiger charge is -2.07. The van der Waals surface area contributed by atoms with Gasteiger partial charge in [-0.05, 0) is 29.3 Å². The maximum atomic E-state index is 11.8. The van der Waals surface area contributed by atoms with E-state index in [2.05, 4.69) is 31.4 Å². The van der Waals surface area contributed by atoms with E-state index in [9.17, 15) is 4.79 Å². The third-order valence-corrected chi connectivity index (χ3v) is 3.80. The first-order valence-electron chi connectivity index (χ1n) is 6.19. The summed E-state index contributed by atoms with van der Waals surface area (Å²) in [4.78, 5) is 11.8. The molecule has 2 aromatic heterocycles. The Hall–Kier alpha value is -1.34. The van der Waals surface area contributed by atoms with E-state index in [0.717, 1.165) is 23.1 Å². The molecule has 108 valence electrons. The number of carbonyl (C=O) groups excluding carboxylic acids is 1. The minimum atomic E-state index is -0.0535. The fourth-order valence-corrected chi connectivity index (χ4v) is 2.16. The summed E-state index contributed by atoms with van der Waals surface area (Å²) in [7, 11) is 0.